The zero-order valence-corrected chi connectivity index (χ0v) is 15.8. The lowest BCUT2D eigenvalue weighted by Gasteiger charge is -2.01. The molecule has 0 aliphatic carbocycles. The van der Waals surface area contributed by atoms with Crippen LogP contribution >= 0.6 is 0 Å². The lowest BCUT2D eigenvalue weighted by Crippen LogP contribution is -1.97. The first-order valence-corrected chi connectivity index (χ1v) is 9.45. The smallest absolute Gasteiger partial charge is 0.185 e. The van der Waals surface area contributed by atoms with Gasteiger partial charge in [0, 0.05) is 22.9 Å². The zero-order valence-electron chi connectivity index (χ0n) is 15.8. The second kappa shape index (κ2) is 8.37. The van der Waals surface area contributed by atoms with Gasteiger partial charge in [0.1, 0.15) is 0 Å². The molecule has 0 saturated heterocycles. The summed E-state index contributed by atoms with van der Waals surface area (Å²) < 4.78 is 1.76. The Morgan fingerprint density at radius 3 is 2.55 bits per heavy atom. The van der Waals surface area contributed by atoms with E-state index in [0.717, 1.165) is 27.6 Å². The Labute approximate surface area is 169 Å². The van der Waals surface area contributed by atoms with Crippen molar-refractivity contribution in [3.05, 3.63) is 96.2 Å². The molecule has 0 aliphatic rings. The minimum absolute atomic E-state index is 0.0560. The van der Waals surface area contributed by atoms with E-state index in [0.29, 0.717) is 18.5 Å². The highest BCUT2D eigenvalue weighted by Gasteiger charge is 2.10. The maximum atomic E-state index is 12.7. The van der Waals surface area contributed by atoms with Crippen LogP contribution in [0.4, 0.5) is 0 Å². The molecular weight excluding hydrogens is 358 g/mol. The number of ketones is 1. The molecule has 0 radical (unpaired) electrons. The number of aromatic nitrogens is 2. The third kappa shape index (κ3) is 4.15. The molecule has 0 fully saturated rings. The Morgan fingerprint density at radius 2 is 1.76 bits per heavy atom. The molecule has 0 saturated carbocycles. The van der Waals surface area contributed by atoms with Crippen LogP contribution in [0, 0.1) is 11.3 Å². The standard InChI is InChI=1S/C25H19N3O/c26-15-6-16-28-18-23(25(27-28)20-8-2-1-3-9-20)13-14-24(29)22-12-11-19-7-4-5-10-21(19)17-22/h1-5,7-14,17-18H,6,16H2/b14-13+. The summed E-state index contributed by atoms with van der Waals surface area (Å²) in [5.41, 5.74) is 3.27. The summed E-state index contributed by atoms with van der Waals surface area (Å²) in [6.07, 6.45) is 5.65. The Kier molecular flexibility index (Phi) is 5.31. The van der Waals surface area contributed by atoms with Crippen LogP contribution < -0.4 is 0 Å². The summed E-state index contributed by atoms with van der Waals surface area (Å²) in [5.74, 6) is -0.0560. The van der Waals surface area contributed by atoms with Crippen LogP contribution in [0.25, 0.3) is 28.1 Å². The van der Waals surface area contributed by atoms with E-state index in [2.05, 4.69) is 11.2 Å². The van der Waals surface area contributed by atoms with E-state index < -0.39 is 0 Å². The van der Waals surface area contributed by atoms with Gasteiger partial charge in [-0.05, 0) is 29.0 Å². The van der Waals surface area contributed by atoms with Crippen LogP contribution in [0.5, 0.6) is 0 Å². The molecule has 0 bridgehead atoms. The third-order valence-corrected chi connectivity index (χ3v) is 4.74. The van der Waals surface area contributed by atoms with Crippen LogP contribution in [0.2, 0.25) is 0 Å². The lowest BCUT2D eigenvalue weighted by molar-refractivity contribution is 0.104. The predicted molar refractivity (Wildman–Crippen MR) is 115 cm³/mol. The van der Waals surface area contributed by atoms with E-state index in [1.165, 1.54) is 0 Å². The van der Waals surface area contributed by atoms with Crippen molar-refractivity contribution < 1.29 is 4.79 Å². The number of aryl methyl sites for hydroxylation is 1. The highest BCUT2D eigenvalue weighted by Crippen LogP contribution is 2.24. The molecule has 0 spiro atoms. The molecular formula is C25H19N3O. The Bertz CT molecular complexity index is 1230. The maximum absolute atomic E-state index is 12.7. The molecule has 0 atom stereocenters. The van der Waals surface area contributed by atoms with Crippen molar-refractivity contribution in [1.82, 2.24) is 9.78 Å². The molecule has 1 aromatic heterocycles. The van der Waals surface area contributed by atoms with Crippen LogP contribution in [0.15, 0.2) is 85.1 Å². The lowest BCUT2D eigenvalue weighted by atomic mass is 10.0. The van der Waals surface area contributed by atoms with E-state index in [9.17, 15) is 4.79 Å². The van der Waals surface area contributed by atoms with Crippen LogP contribution in [-0.4, -0.2) is 15.6 Å². The molecule has 0 unspecified atom stereocenters. The van der Waals surface area contributed by atoms with Crippen molar-refractivity contribution in [2.75, 3.05) is 0 Å². The van der Waals surface area contributed by atoms with E-state index in [1.54, 1.807) is 16.8 Å². The number of nitriles is 1. The molecule has 4 aromatic rings. The third-order valence-electron chi connectivity index (χ3n) is 4.74. The van der Waals surface area contributed by atoms with E-state index in [4.69, 9.17) is 5.26 Å². The molecule has 140 valence electrons. The van der Waals surface area contributed by atoms with Crippen molar-refractivity contribution in [3.8, 4) is 17.3 Å². The summed E-state index contributed by atoms with van der Waals surface area (Å²) in [6, 6.07) is 25.7. The molecule has 0 amide bonds. The number of carbonyl (C=O) groups is 1. The van der Waals surface area contributed by atoms with Gasteiger partial charge in [-0.2, -0.15) is 10.4 Å². The summed E-state index contributed by atoms with van der Waals surface area (Å²) in [7, 11) is 0. The van der Waals surface area contributed by atoms with Crippen molar-refractivity contribution in [1.29, 1.82) is 5.26 Å². The first-order chi connectivity index (χ1) is 14.2. The molecule has 0 N–H and O–H groups in total. The molecule has 29 heavy (non-hydrogen) atoms. The number of fused-ring (bicyclic) bond motifs is 1. The monoisotopic (exact) mass is 377 g/mol. The average molecular weight is 377 g/mol. The van der Waals surface area contributed by atoms with Gasteiger partial charge in [0.2, 0.25) is 0 Å². The molecule has 1 heterocycles. The average Bonchev–Trinajstić information content (AvgIpc) is 3.19. The quantitative estimate of drug-likeness (QED) is 0.329. The summed E-state index contributed by atoms with van der Waals surface area (Å²) in [5, 5.41) is 15.6. The molecule has 3 aromatic carbocycles. The number of carbonyl (C=O) groups excluding carboxylic acids is 1. The molecule has 4 heteroatoms. The van der Waals surface area contributed by atoms with Gasteiger partial charge in [0.25, 0.3) is 0 Å². The van der Waals surface area contributed by atoms with Gasteiger partial charge < -0.3 is 0 Å². The first-order valence-electron chi connectivity index (χ1n) is 9.45. The first kappa shape index (κ1) is 18.4. The molecule has 4 rings (SSSR count). The van der Waals surface area contributed by atoms with Crippen molar-refractivity contribution in [2.45, 2.75) is 13.0 Å². The highest BCUT2D eigenvalue weighted by molar-refractivity contribution is 6.09. The number of hydrogen-bond acceptors (Lipinski definition) is 3. The van der Waals surface area contributed by atoms with E-state index in [1.807, 2.05) is 79.0 Å². The Balaban J connectivity index is 1.64. The number of benzene rings is 3. The highest BCUT2D eigenvalue weighted by atomic mass is 16.1. The zero-order chi connectivity index (χ0) is 20.1. The van der Waals surface area contributed by atoms with Crippen molar-refractivity contribution >= 4 is 22.6 Å². The molecule has 0 aliphatic heterocycles. The maximum Gasteiger partial charge on any atom is 0.185 e. The number of nitrogens with zero attached hydrogens (tertiary/aromatic N) is 3. The van der Waals surface area contributed by atoms with Crippen LogP contribution in [0.1, 0.15) is 22.3 Å². The summed E-state index contributed by atoms with van der Waals surface area (Å²) >= 11 is 0. The fraction of sp³-hybridized carbons (Fsp3) is 0.0800. The van der Waals surface area contributed by atoms with Gasteiger partial charge in [-0.15, -0.1) is 0 Å². The molecule has 4 nitrogen and oxygen atoms in total. The van der Waals surface area contributed by atoms with Gasteiger partial charge in [-0.3, -0.25) is 9.48 Å². The summed E-state index contributed by atoms with van der Waals surface area (Å²) in [6.45, 7) is 0.517. The minimum atomic E-state index is -0.0560. The van der Waals surface area contributed by atoms with Gasteiger partial charge in [0.05, 0.1) is 24.7 Å². The number of allylic oxidation sites excluding steroid dienone is 1. The normalized spacial score (nSPS) is 11.0. The Hall–Kier alpha value is -3.97. The van der Waals surface area contributed by atoms with Crippen LogP contribution in [-0.2, 0) is 6.54 Å². The second-order valence-corrected chi connectivity index (χ2v) is 6.73. The van der Waals surface area contributed by atoms with Gasteiger partial charge in [-0.1, -0.05) is 66.7 Å². The van der Waals surface area contributed by atoms with Gasteiger partial charge in [-0.25, -0.2) is 0 Å². The Morgan fingerprint density at radius 1 is 1.00 bits per heavy atom. The SMILES string of the molecule is N#CCCn1cc(/C=C/C(=O)c2ccc3ccccc3c2)c(-c2ccccc2)n1. The topological polar surface area (TPSA) is 58.7 Å². The second-order valence-electron chi connectivity index (χ2n) is 6.73. The number of hydrogen-bond donors (Lipinski definition) is 0. The van der Waals surface area contributed by atoms with Crippen molar-refractivity contribution in [2.24, 2.45) is 0 Å². The van der Waals surface area contributed by atoms with Gasteiger partial charge in [0.15, 0.2) is 5.78 Å². The number of rotatable bonds is 6. The minimum Gasteiger partial charge on any atom is -0.289 e. The van der Waals surface area contributed by atoms with Crippen molar-refractivity contribution in [3.63, 3.8) is 0 Å². The predicted octanol–water partition coefficient (Wildman–Crippen LogP) is 5.51. The van der Waals surface area contributed by atoms with Gasteiger partial charge >= 0.3 is 0 Å². The largest absolute Gasteiger partial charge is 0.289 e. The fourth-order valence-corrected chi connectivity index (χ4v) is 3.26. The van der Waals surface area contributed by atoms with E-state index >= 15 is 0 Å². The fourth-order valence-electron chi connectivity index (χ4n) is 3.26. The summed E-state index contributed by atoms with van der Waals surface area (Å²) in [4.78, 5) is 12.7. The van der Waals surface area contributed by atoms with Crippen LogP contribution in [0.3, 0.4) is 0 Å². The van der Waals surface area contributed by atoms with E-state index in [-0.39, 0.29) is 5.78 Å².